The fourth-order valence-corrected chi connectivity index (χ4v) is 1.94. The van der Waals surface area contributed by atoms with E-state index >= 15 is 0 Å². The Hall–Kier alpha value is -1.10. The van der Waals surface area contributed by atoms with E-state index in [2.05, 4.69) is 15.9 Å². The predicted octanol–water partition coefficient (Wildman–Crippen LogP) is 3.22. The second-order valence-corrected chi connectivity index (χ2v) is 4.51. The van der Waals surface area contributed by atoms with Crippen LogP contribution in [0.2, 0.25) is 0 Å². The molecule has 1 aromatic heterocycles. The molecule has 0 aliphatic rings. The molecule has 0 saturated heterocycles. The summed E-state index contributed by atoms with van der Waals surface area (Å²) in [7, 11) is 0. The number of halogens is 1. The molecule has 2 N–H and O–H groups in total. The van der Waals surface area contributed by atoms with Gasteiger partial charge < -0.3 is 14.9 Å². The highest BCUT2D eigenvalue weighted by atomic mass is 79.9. The summed E-state index contributed by atoms with van der Waals surface area (Å²) < 4.78 is 12.0. The molecule has 0 amide bonds. The van der Waals surface area contributed by atoms with E-state index in [1.165, 1.54) is 0 Å². The third-order valence-corrected chi connectivity index (χ3v) is 3.28. The quantitative estimate of drug-likeness (QED) is 0.921. The van der Waals surface area contributed by atoms with Crippen LogP contribution in [0.3, 0.4) is 0 Å². The van der Waals surface area contributed by atoms with Crippen molar-refractivity contribution in [1.29, 1.82) is 0 Å². The molecule has 0 saturated carbocycles. The largest absolute Gasteiger partial charge is 0.467 e. The number of hydrogen-bond acceptors (Lipinski definition) is 3. The Balaban J connectivity index is 1.90. The summed E-state index contributed by atoms with van der Waals surface area (Å²) in [4.78, 5) is 0. The summed E-state index contributed by atoms with van der Waals surface area (Å²) in [6.45, 7) is 1.47. The van der Waals surface area contributed by atoms with Crippen LogP contribution in [-0.4, -0.2) is 0 Å². The fourth-order valence-electron chi connectivity index (χ4n) is 1.54. The molecule has 4 heteroatoms. The van der Waals surface area contributed by atoms with Gasteiger partial charge in [-0.3, -0.25) is 0 Å². The minimum atomic E-state index is 0.445. The molecule has 0 atom stereocenters. The standard InChI is InChI=1S/C13H14BrNO2/c14-12-4-2-1-3-11(12)8-16-9-13-10(7-15)5-6-17-13/h1-6H,7-9,15H2. The van der Waals surface area contributed by atoms with Gasteiger partial charge in [-0.2, -0.15) is 0 Å². The zero-order valence-electron chi connectivity index (χ0n) is 9.36. The lowest BCUT2D eigenvalue weighted by Gasteiger charge is -2.05. The molecule has 2 rings (SSSR count). The van der Waals surface area contributed by atoms with Gasteiger partial charge in [0.25, 0.3) is 0 Å². The van der Waals surface area contributed by atoms with E-state index < -0.39 is 0 Å². The topological polar surface area (TPSA) is 48.4 Å². The lowest BCUT2D eigenvalue weighted by atomic mass is 10.2. The number of rotatable bonds is 5. The van der Waals surface area contributed by atoms with Crippen LogP contribution >= 0.6 is 15.9 Å². The summed E-state index contributed by atoms with van der Waals surface area (Å²) in [5.74, 6) is 0.805. The Bertz CT molecular complexity index is 482. The average molecular weight is 296 g/mol. The third-order valence-electron chi connectivity index (χ3n) is 2.51. The number of benzene rings is 1. The minimum Gasteiger partial charge on any atom is -0.467 e. The van der Waals surface area contributed by atoms with Gasteiger partial charge in [0.1, 0.15) is 12.4 Å². The smallest absolute Gasteiger partial charge is 0.133 e. The van der Waals surface area contributed by atoms with Crippen LogP contribution < -0.4 is 5.73 Å². The summed E-state index contributed by atoms with van der Waals surface area (Å²) in [6, 6.07) is 9.86. The first-order valence-electron chi connectivity index (χ1n) is 5.37. The van der Waals surface area contributed by atoms with E-state index in [4.69, 9.17) is 14.9 Å². The maximum Gasteiger partial charge on any atom is 0.133 e. The summed E-state index contributed by atoms with van der Waals surface area (Å²) in [5, 5.41) is 0. The first kappa shape index (κ1) is 12.4. The Morgan fingerprint density at radius 3 is 2.71 bits per heavy atom. The van der Waals surface area contributed by atoms with Crippen LogP contribution in [0.5, 0.6) is 0 Å². The van der Waals surface area contributed by atoms with E-state index in [0.29, 0.717) is 19.8 Å². The molecule has 0 bridgehead atoms. The van der Waals surface area contributed by atoms with Gasteiger partial charge in [-0.05, 0) is 17.7 Å². The number of ether oxygens (including phenoxy) is 1. The number of hydrogen-bond donors (Lipinski definition) is 1. The van der Waals surface area contributed by atoms with Gasteiger partial charge in [0.15, 0.2) is 0 Å². The maximum absolute atomic E-state index is 5.61. The predicted molar refractivity (Wildman–Crippen MR) is 69.2 cm³/mol. The van der Waals surface area contributed by atoms with Gasteiger partial charge in [0, 0.05) is 16.6 Å². The third kappa shape index (κ3) is 3.19. The van der Waals surface area contributed by atoms with E-state index in [9.17, 15) is 0 Å². The van der Waals surface area contributed by atoms with E-state index in [1.807, 2.05) is 30.3 Å². The first-order chi connectivity index (χ1) is 8.31. The molecule has 2 aromatic rings. The van der Waals surface area contributed by atoms with Gasteiger partial charge in [0.2, 0.25) is 0 Å². The van der Waals surface area contributed by atoms with Crippen molar-refractivity contribution in [1.82, 2.24) is 0 Å². The molecular formula is C13H14BrNO2. The minimum absolute atomic E-state index is 0.445. The molecule has 0 radical (unpaired) electrons. The summed E-state index contributed by atoms with van der Waals surface area (Å²) in [5.41, 5.74) is 7.70. The zero-order valence-corrected chi connectivity index (χ0v) is 10.9. The lowest BCUT2D eigenvalue weighted by molar-refractivity contribution is 0.0918. The summed E-state index contributed by atoms with van der Waals surface area (Å²) in [6.07, 6.45) is 1.64. The van der Waals surface area contributed by atoms with Crippen LogP contribution in [0.25, 0.3) is 0 Å². The Labute approximate surface area is 109 Å². The van der Waals surface area contributed by atoms with Crippen molar-refractivity contribution in [2.45, 2.75) is 19.8 Å². The van der Waals surface area contributed by atoms with Gasteiger partial charge in [0.05, 0.1) is 12.9 Å². The van der Waals surface area contributed by atoms with Crippen molar-refractivity contribution >= 4 is 15.9 Å². The molecule has 1 heterocycles. The fraction of sp³-hybridized carbons (Fsp3) is 0.231. The number of furan rings is 1. The van der Waals surface area contributed by atoms with Gasteiger partial charge in [-0.1, -0.05) is 34.1 Å². The van der Waals surface area contributed by atoms with Crippen LogP contribution in [0, 0.1) is 0 Å². The maximum atomic E-state index is 5.61. The van der Waals surface area contributed by atoms with Gasteiger partial charge >= 0.3 is 0 Å². The van der Waals surface area contributed by atoms with Crippen LogP contribution in [-0.2, 0) is 24.5 Å². The van der Waals surface area contributed by atoms with Crippen molar-refractivity contribution < 1.29 is 9.15 Å². The monoisotopic (exact) mass is 295 g/mol. The highest BCUT2D eigenvalue weighted by Gasteiger charge is 2.05. The molecule has 3 nitrogen and oxygen atoms in total. The van der Waals surface area contributed by atoms with Crippen molar-refractivity contribution in [3.8, 4) is 0 Å². The Morgan fingerprint density at radius 1 is 1.12 bits per heavy atom. The van der Waals surface area contributed by atoms with E-state index in [0.717, 1.165) is 21.4 Å². The molecule has 0 spiro atoms. The molecule has 0 fully saturated rings. The SMILES string of the molecule is NCc1ccoc1COCc1ccccc1Br. The molecule has 90 valence electrons. The van der Waals surface area contributed by atoms with Crippen molar-refractivity contribution in [2.24, 2.45) is 5.73 Å². The van der Waals surface area contributed by atoms with Gasteiger partial charge in [-0.15, -0.1) is 0 Å². The van der Waals surface area contributed by atoms with Crippen molar-refractivity contribution in [3.63, 3.8) is 0 Å². The van der Waals surface area contributed by atoms with Crippen LogP contribution in [0.4, 0.5) is 0 Å². The molecule has 0 aliphatic carbocycles. The highest BCUT2D eigenvalue weighted by molar-refractivity contribution is 9.10. The van der Waals surface area contributed by atoms with Gasteiger partial charge in [-0.25, -0.2) is 0 Å². The average Bonchev–Trinajstić information content (AvgIpc) is 2.79. The molecule has 0 aliphatic heterocycles. The zero-order chi connectivity index (χ0) is 12.1. The van der Waals surface area contributed by atoms with Crippen molar-refractivity contribution in [3.05, 3.63) is 58.0 Å². The summed E-state index contributed by atoms with van der Waals surface area (Å²) >= 11 is 3.48. The number of nitrogens with two attached hydrogens (primary N) is 1. The molecule has 0 unspecified atom stereocenters. The van der Waals surface area contributed by atoms with E-state index in [1.54, 1.807) is 6.26 Å². The van der Waals surface area contributed by atoms with E-state index in [-0.39, 0.29) is 0 Å². The second kappa shape index (κ2) is 6.00. The second-order valence-electron chi connectivity index (χ2n) is 3.66. The normalized spacial score (nSPS) is 10.7. The molecule has 1 aromatic carbocycles. The highest BCUT2D eigenvalue weighted by Crippen LogP contribution is 2.18. The van der Waals surface area contributed by atoms with Crippen LogP contribution in [0.1, 0.15) is 16.9 Å². The Kier molecular flexibility index (Phi) is 4.36. The lowest BCUT2D eigenvalue weighted by Crippen LogP contribution is -2.00. The molecular weight excluding hydrogens is 282 g/mol. The molecule has 17 heavy (non-hydrogen) atoms. The van der Waals surface area contributed by atoms with Crippen molar-refractivity contribution in [2.75, 3.05) is 0 Å². The van der Waals surface area contributed by atoms with Crippen LogP contribution in [0.15, 0.2) is 45.5 Å². The Morgan fingerprint density at radius 2 is 1.94 bits per heavy atom. The first-order valence-corrected chi connectivity index (χ1v) is 6.17.